The summed E-state index contributed by atoms with van der Waals surface area (Å²) in [5.74, 6) is -1.09. The molecule has 3 heterocycles. The number of quaternary nitrogens is 1. The van der Waals surface area contributed by atoms with E-state index in [4.69, 9.17) is 1.37 Å². The summed E-state index contributed by atoms with van der Waals surface area (Å²) in [6.07, 6.45) is 2.78. The van der Waals surface area contributed by atoms with Gasteiger partial charge in [-0.3, -0.25) is 9.69 Å². The Morgan fingerprint density at radius 3 is 2.89 bits per heavy atom. The summed E-state index contributed by atoms with van der Waals surface area (Å²) in [5, 5.41) is 11.1. The van der Waals surface area contributed by atoms with Gasteiger partial charge in [-0.2, -0.15) is 0 Å². The molecule has 2 atom stereocenters. The highest BCUT2D eigenvalue weighted by Crippen LogP contribution is 2.39. The molecule has 6 heteroatoms. The second-order valence-electron chi connectivity index (χ2n) is 5.30. The quantitative estimate of drug-likeness (QED) is 0.631. The van der Waals surface area contributed by atoms with Crippen molar-refractivity contribution in [2.45, 2.75) is 31.0 Å². The van der Waals surface area contributed by atoms with Crippen LogP contribution in [-0.2, 0) is 9.59 Å². The Morgan fingerprint density at radius 1 is 1.47 bits per heavy atom. The van der Waals surface area contributed by atoms with E-state index in [1.54, 1.807) is 0 Å². The summed E-state index contributed by atoms with van der Waals surface area (Å²) in [7, 11) is 0. The van der Waals surface area contributed by atoms with E-state index in [1.807, 2.05) is 0 Å². The number of nitrogens with zero attached hydrogens (tertiary/aromatic N) is 1. The summed E-state index contributed by atoms with van der Waals surface area (Å²) in [5.41, 5.74) is 0.837. The molecule has 104 valence electrons. The number of β-lactam (4-membered cyclic amide) rings is 1. The lowest BCUT2D eigenvalue weighted by molar-refractivity contribution is -0.900. The fourth-order valence-electron chi connectivity index (χ4n) is 3.01. The van der Waals surface area contributed by atoms with E-state index in [-0.39, 0.29) is 11.1 Å². The van der Waals surface area contributed by atoms with Crippen LogP contribution in [0.5, 0.6) is 0 Å². The van der Waals surface area contributed by atoms with Gasteiger partial charge in [-0.15, -0.1) is 11.8 Å². The number of hydrogen-bond donors (Lipinski definition) is 1. The molecule has 0 radical (unpaired) electrons. The lowest BCUT2D eigenvalue weighted by Crippen LogP contribution is -3.13. The van der Waals surface area contributed by atoms with E-state index in [0.29, 0.717) is 12.3 Å². The zero-order chi connectivity index (χ0) is 14.3. The molecule has 0 saturated carbocycles. The number of carbonyl (C=O) groups is 2. The summed E-state index contributed by atoms with van der Waals surface area (Å²) in [4.78, 5) is 25.8. The number of fused-ring (bicyclic) bond motifs is 1. The molecule has 1 amide bonds. The molecule has 3 aliphatic heterocycles. The van der Waals surface area contributed by atoms with Crippen LogP contribution in [0.3, 0.4) is 0 Å². The highest BCUT2D eigenvalue weighted by atomic mass is 32.2. The molecule has 0 bridgehead atoms. The number of thioether (sulfide) groups is 1. The van der Waals surface area contributed by atoms with Gasteiger partial charge in [-0.25, -0.2) is 0 Å². The van der Waals surface area contributed by atoms with Crippen molar-refractivity contribution in [2.75, 3.05) is 25.4 Å². The Hall–Kier alpha value is -1.01. The van der Waals surface area contributed by atoms with Gasteiger partial charge in [0.1, 0.15) is 6.54 Å². The molecule has 3 rings (SSSR count). The van der Waals surface area contributed by atoms with Crippen LogP contribution in [-0.4, -0.2) is 47.5 Å². The van der Waals surface area contributed by atoms with Crippen LogP contribution in [0.2, 0.25) is 0 Å². The van der Waals surface area contributed by atoms with Crippen molar-refractivity contribution in [2.24, 2.45) is 0 Å². The average Bonchev–Trinajstić information content (AvgIpc) is 2.46. The van der Waals surface area contributed by atoms with Gasteiger partial charge in [-0.1, -0.05) is 0 Å². The summed E-state index contributed by atoms with van der Waals surface area (Å²) >= 11 is 1.50. The van der Waals surface area contributed by atoms with Gasteiger partial charge in [0.25, 0.3) is 0 Å². The SMILES string of the molecule is [2H][C@@H]1C(=O)N2C(C(=O)[O-])=C(C[NH+]3CCCCC3)CS[C@H]12. The van der Waals surface area contributed by atoms with Crippen LogP contribution >= 0.6 is 11.8 Å². The van der Waals surface area contributed by atoms with Gasteiger partial charge in [0.2, 0.25) is 5.91 Å². The lowest BCUT2D eigenvalue weighted by Gasteiger charge is -2.46. The molecule has 19 heavy (non-hydrogen) atoms. The van der Waals surface area contributed by atoms with Crippen LogP contribution in [0.15, 0.2) is 11.3 Å². The Balaban J connectivity index is 1.82. The van der Waals surface area contributed by atoms with Crippen LogP contribution < -0.4 is 10.0 Å². The molecule has 0 unspecified atom stereocenters. The van der Waals surface area contributed by atoms with Gasteiger partial charge < -0.3 is 14.8 Å². The number of aliphatic carboxylic acids is 1. The third-order valence-electron chi connectivity index (χ3n) is 4.00. The second kappa shape index (κ2) is 5.17. The normalized spacial score (nSPS) is 32.7. The number of amides is 1. The summed E-state index contributed by atoms with van der Waals surface area (Å²) in [6, 6.07) is 0. The summed E-state index contributed by atoms with van der Waals surface area (Å²) < 4.78 is 7.64. The second-order valence-corrected chi connectivity index (χ2v) is 6.41. The van der Waals surface area contributed by atoms with Crippen molar-refractivity contribution in [3.05, 3.63) is 11.3 Å². The first-order valence-electron chi connectivity index (χ1n) is 7.31. The zero-order valence-electron chi connectivity index (χ0n) is 11.7. The smallest absolute Gasteiger partial charge is 0.230 e. The maximum Gasteiger partial charge on any atom is 0.230 e. The van der Waals surface area contributed by atoms with Crippen LogP contribution in [0, 0.1) is 0 Å². The molecule has 0 aliphatic carbocycles. The molecular formula is C13H18N2O3S. The van der Waals surface area contributed by atoms with Gasteiger partial charge in [0.15, 0.2) is 0 Å². The van der Waals surface area contributed by atoms with Crippen molar-refractivity contribution < 1.29 is 21.0 Å². The highest BCUT2D eigenvalue weighted by Gasteiger charge is 2.43. The number of hydrogen-bond acceptors (Lipinski definition) is 4. The third kappa shape index (κ3) is 2.39. The van der Waals surface area contributed by atoms with Crippen LogP contribution in [0.4, 0.5) is 0 Å². The highest BCUT2D eigenvalue weighted by molar-refractivity contribution is 8.00. The number of nitrogens with one attached hydrogen (secondary N) is 1. The number of carboxylic acid groups (broad SMARTS) is 1. The van der Waals surface area contributed by atoms with E-state index in [2.05, 4.69) is 0 Å². The van der Waals surface area contributed by atoms with Crippen molar-refractivity contribution in [1.82, 2.24) is 4.90 Å². The standard InChI is InChI=1S/C13H18N2O3S/c16-10-6-11-15(10)12(13(17)18)9(8-19-11)7-14-4-2-1-3-5-14/h11H,1-8H2,(H,17,18)/t11-/m1/s1/i6D/t6-,11-. The van der Waals surface area contributed by atoms with Crippen molar-refractivity contribution >= 4 is 23.6 Å². The first kappa shape index (κ1) is 11.8. The number of carbonyl (C=O) groups excluding carboxylic acids is 2. The van der Waals surface area contributed by atoms with E-state index in [9.17, 15) is 14.7 Å². The molecule has 3 aliphatic rings. The predicted molar refractivity (Wildman–Crippen MR) is 69.2 cm³/mol. The van der Waals surface area contributed by atoms with E-state index < -0.39 is 18.3 Å². The number of rotatable bonds is 3. The first-order valence-corrected chi connectivity index (χ1v) is 7.78. The maximum atomic E-state index is 11.7. The van der Waals surface area contributed by atoms with Gasteiger partial charge in [-0.05, 0) is 19.3 Å². The van der Waals surface area contributed by atoms with Crippen LogP contribution in [0.25, 0.3) is 0 Å². The third-order valence-corrected chi connectivity index (χ3v) is 5.20. The van der Waals surface area contributed by atoms with E-state index in [1.165, 1.54) is 40.8 Å². The lowest BCUT2D eigenvalue weighted by atomic mass is 10.1. The average molecular weight is 283 g/mol. The fourth-order valence-corrected chi connectivity index (χ4v) is 4.19. The van der Waals surface area contributed by atoms with Crippen molar-refractivity contribution in [1.29, 1.82) is 0 Å². The molecule has 5 nitrogen and oxygen atoms in total. The topological polar surface area (TPSA) is 64.9 Å². The van der Waals surface area contributed by atoms with Crippen LogP contribution in [0.1, 0.15) is 27.0 Å². The number of likely N-dealkylation sites (tertiary alicyclic amines) is 1. The molecular weight excluding hydrogens is 264 g/mol. The fraction of sp³-hybridized carbons (Fsp3) is 0.692. The van der Waals surface area contributed by atoms with Gasteiger partial charge >= 0.3 is 0 Å². The molecule has 0 aromatic carbocycles. The molecule has 0 aromatic rings. The molecule has 0 aromatic heterocycles. The van der Waals surface area contributed by atoms with Gasteiger partial charge in [0, 0.05) is 12.7 Å². The minimum absolute atomic E-state index is 0.0420. The maximum absolute atomic E-state index is 11.7. The minimum Gasteiger partial charge on any atom is -0.543 e. The van der Waals surface area contributed by atoms with Crippen molar-refractivity contribution in [3.8, 4) is 0 Å². The number of carboxylic acids is 1. The Bertz CT molecular complexity index is 476. The Morgan fingerprint density at radius 2 is 2.21 bits per heavy atom. The Labute approximate surface area is 118 Å². The predicted octanol–water partition coefficient (Wildman–Crippen LogP) is -1.64. The summed E-state index contributed by atoms with van der Waals surface area (Å²) in [6.45, 7) is 2.80. The van der Waals surface area contributed by atoms with Gasteiger partial charge in [0.05, 0.1) is 36.5 Å². The van der Waals surface area contributed by atoms with Crippen molar-refractivity contribution in [3.63, 3.8) is 0 Å². The van der Waals surface area contributed by atoms with E-state index in [0.717, 1.165) is 18.7 Å². The monoisotopic (exact) mass is 283 g/mol. The minimum atomic E-state index is -1.28. The first-order chi connectivity index (χ1) is 9.59. The molecule has 0 spiro atoms. The molecule has 1 N–H and O–H groups in total. The number of piperidine rings is 1. The zero-order valence-corrected chi connectivity index (χ0v) is 11.5. The molecule has 2 saturated heterocycles. The Kier molecular flexibility index (Phi) is 3.21. The van der Waals surface area contributed by atoms with E-state index >= 15 is 0 Å². The largest absolute Gasteiger partial charge is 0.543 e. The molecule has 2 fully saturated rings.